The van der Waals surface area contributed by atoms with Gasteiger partial charge < -0.3 is 14.8 Å². The molecule has 1 unspecified atom stereocenters. The van der Waals surface area contributed by atoms with Crippen molar-refractivity contribution in [3.63, 3.8) is 0 Å². The Bertz CT molecular complexity index is 571. The highest BCUT2D eigenvalue weighted by atomic mass is 16.5. The van der Waals surface area contributed by atoms with Crippen LogP contribution in [-0.2, 0) is 19.8 Å². The summed E-state index contributed by atoms with van der Waals surface area (Å²) >= 11 is 0. The average molecular weight is 285 g/mol. The van der Waals surface area contributed by atoms with Crippen molar-refractivity contribution < 1.29 is 14.3 Å². The Kier molecular flexibility index (Phi) is 4.95. The molecule has 2 aromatic rings. The summed E-state index contributed by atoms with van der Waals surface area (Å²) in [5.74, 6) is -0.389. The zero-order chi connectivity index (χ0) is 15.1. The lowest BCUT2D eigenvalue weighted by atomic mass is 9.90. The normalized spacial score (nSPS) is 13.2. The number of carbonyl (C=O) groups is 1. The molecule has 0 fully saturated rings. The first-order chi connectivity index (χ1) is 10.2. The van der Waals surface area contributed by atoms with Crippen LogP contribution in [0, 0.1) is 0 Å². The highest BCUT2D eigenvalue weighted by Gasteiger charge is 2.41. The first-order valence-electron chi connectivity index (χ1n) is 6.69. The minimum absolute atomic E-state index is 0.165. The molecule has 0 aromatic heterocycles. The number of esters is 1. The average Bonchev–Trinajstić information content (AvgIpc) is 2.55. The number of hydrogen-bond acceptors (Lipinski definition) is 4. The molecule has 0 saturated heterocycles. The maximum atomic E-state index is 12.5. The Labute approximate surface area is 124 Å². The van der Waals surface area contributed by atoms with Crippen LogP contribution >= 0.6 is 0 Å². The molecule has 0 saturated carbocycles. The van der Waals surface area contributed by atoms with Crippen molar-refractivity contribution in [1.29, 1.82) is 0 Å². The molecular formula is C17H19NO3. The van der Waals surface area contributed by atoms with E-state index in [0.717, 1.165) is 11.3 Å². The number of rotatable bonds is 6. The topological polar surface area (TPSA) is 47.6 Å². The van der Waals surface area contributed by atoms with Crippen LogP contribution in [0.2, 0.25) is 0 Å². The van der Waals surface area contributed by atoms with Gasteiger partial charge in [-0.3, -0.25) is 0 Å². The van der Waals surface area contributed by atoms with E-state index in [4.69, 9.17) is 9.47 Å². The molecule has 0 spiro atoms. The van der Waals surface area contributed by atoms with Gasteiger partial charge in [0, 0.05) is 12.8 Å². The second-order valence-corrected chi connectivity index (χ2v) is 4.69. The fraction of sp³-hybridized carbons (Fsp3) is 0.235. The molecule has 2 aromatic carbocycles. The Morgan fingerprint density at radius 3 is 2.10 bits per heavy atom. The van der Waals surface area contributed by atoms with Crippen LogP contribution in [0.5, 0.6) is 0 Å². The van der Waals surface area contributed by atoms with Gasteiger partial charge in [0.05, 0.1) is 13.7 Å². The van der Waals surface area contributed by atoms with Gasteiger partial charge in [0.25, 0.3) is 0 Å². The van der Waals surface area contributed by atoms with Gasteiger partial charge in [-0.25, -0.2) is 4.79 Å². The van der Waals surface area contributed by atoms with Gasteiger partial charge in [-0.2, -0.15) is 0 Å². The maximum absolute atomic E-state index is 12.5. The van der Waals surface area contributed by atoms with Crippen molar-refractivity contribution in [2.24, 2.45) is 0 Å². The molecule has 2 rings (SSSR count). The number of nitrogens with one attached hydrogen (secondary N) is 1. The molecule has 1 atom stereocenters. The molecule has 110 valence electrons. The maximum Gasteiger partial charge on any atom is 0.338 e. The van der Waals surface area contributed by atoms with Crippen molar-refractivity contribution in [2.45, 2.75) is 5.54 Å². The third-order valence-corrected chi connectivity index (χ3v) is 3.29. The molecule has 0 heterocycles. The number of para-hydroxylation sites is 1. The standard InChI is InChI=1S/C17H19NO3/c1-20-13-17(16(19)21-2,14-9-5-3-6-10-14)18-15-11-7-4-8-12-15/h3-12,18H,13H2,1-2H3. The van der Waals surface area contributed by atoms with E-state index in [1.54, 1.807) is 7.11 Å². The SMILES string of the molecule is COCC(Nc1ccccc1)(C(=O)OC)c1ccccc1. The van der Waals surface area contributed by atoms with E-state index >= 15 is 0 Å². The van der Waals surface area contributed by atoms with Gasteiger partial charge in [0.15, 0.2) is 5.54 Å². The molecule has 0 aliphatic heterocycles. The summed E-state index contributed by atoms with van der Waals surface area (Å²) in [4.78, 5) is 12.5. The summed E-state index contributed by atoms with van der Waals surface area (Å²) in [6.45, 7) is 0.165. The second kappa shape index (κ2) is 6.90. The van der Waals surface area contributed by atoms with Crippen LogP contribution in [-0.4, -0.2) is 26.8 Å². The van der Waals surface area contributed by atoms with E-state index in [1.807, 2.05) is 60.7 Å². The molecule has 1 N–H and O–H groups in total. The summed E-state index contributed by atoms with van der Waals surface area (Å²) in [5, 5.41) is 3.26. The summed E-state index contributed by atoms with van der Waals surface area (Å²) in [6.07, 6.45) is 0. The van der Waals surface area contributed by atoms with E-state index in [9.17, 15) is 4.79 Å². The molecular weight excluding hydrogens is 266 g/mol. The minimum atomic E-state index is -1.08. The third kappa shape index (κ3) is 3.23. The summed E-state index contributed by atoms with van der Waals surface area (Å²) in [5.41, 5.74) is 0.540. The lowest BCUT2D eigenvalue weighted by Crippen LogP contribution is -2.48. The zero-order valence-corrected chi connectivity index (χ0v) is 12.2. The smallest absolute Gasteiger partial charge is 0.338 e. The van der Waals surface area contributed by atoms with Crippen LogP contribution in [0.1, 0.15) is 5.56 Å². The minimum Gasteiger partial charge on any atom is -0.467 e. The highest BCUT2D eigenvalue weighted by Crippen LogP contribution is 2.28. The molecule has 0 aliphatic rings. The second-order valence-electron chi connectivity index (χ2n) is 4.69. The predicted octanol–water partition coefficient (Wildman–Crippen LogP) is 2.81. The Morgan fingerprint density at radius 2 is 1.57 bits per heavy atom. The van der Waals surface area contributed by atoms with Crippen molar-refractivity contribution in [3.05, 3.63) is 66.2 Å². The lowest BCUT2D eigenvalue weighted by molar-refractivity contribution is -0.148. The number of ether oxygens (including phenoxy) is 2. The molecule has 0 amide bonds. The number of benzene rings is 2. The predicted molar refractivity (Wildman–Crippen MR) is 82.1 cm³/mol. The molecule has 0 radical (unpaired) electrons. The number of hydrogen-bond donors (Lipinski definition) is 1. The fourth-order valence-electron chi connectivity index (χ4n) is 2.30. The molecule has 0 aliphatic carbocycles. The Hall–Kier alpha value is -2.33. The van der Waals surface area contributed by atoms with Crippen molar-refractivity contribution in [2.75, 3.05) is 26.1 Å². The van der Waals surface area contributed by atoms with E-state index in [-0.39, 0.29) is 12.6 Å². The van der Waals surface area contributed by atoms with Crippen molar-refractivity contribution in [1.82, 2.24) is 0 Å². The van der Waals surface area contributed by atoms with Gasteiger partial charge in [-0.15, -0.1) is 0 Å². The quantitative estimate of drug-likeness (QED) is 0.829. The van der Waals surface area contributed by atoms with Gasteiger partial charge in [0.2, 0.25) is 0 Å². The number of anilines is 1. The van der Waals surface area contributed by atoms with Crippen LogP contribution in [0.25, 0.3) is 0 Å². The Balaban J connectivity index is 2.48. The molecule has 4 heteroatoms. The van der Waals surface area contributed by atoms with E-state index < -0.39 is 5.54 Å². The monoisotopic (exact) mass is 285 g/mol. The lowest BCUT2D eigenvalue weighted by Gasteiger charge is -2.32. The molecule has 21 heavy (non-hydrogen) atoms. The highest BCUT2D eigenvalue weighted by molar-refractivity contribution is 5.86. The van der Waals surface area contributed by atoms with E-state index in [1.165, 1.54) is 7.11 Å². The largest absolute Gasteiger partial charge is 0.467 e. The fourth-order valence-corrected chi connectivity index (χ4v) is 2.30. The molecule has 0 bridgehead atoms. The van der Waals surface area contributed by atoms with Crippen LogP contribution in [0.3, 0.4) is 0 Å². The molecule has 4 nitrogen and oxygen atoms in total. The van der Waals surface area contributed by atoms with Crippen molar-refractivity contribution >= 4 is 11.7 Å². The summed E-state index contributed by atoms with van der Waals surface area (Å²) in [6, 6.07) is 19.0. The van der Waals surface area contributed by atoms with E-state index in [0.29, 0.717) is 0 Å². The van der Waals surface area contributed by atoms with Crippen LogP contribution in [0.15, 0.2) is 60.7 Å². The van der Waals surface area contributed by atoms with Gasteiger partial charge in [0.1, 0.15) is 0 Å². The zero-order valence-electron chi connectivity index (χ0n) is 12.2. The van der Waals surface area contributed by atoms with E-state index in [2.05, 4.69) is 5.32 Å². The van der Waals surface area contributed by atoms with Crippen LogP contribution in [0.4, 0.5) is 5.69 Å². The van der Waals surface area contributed by atoms with Gasteiger partial charge in [-0.05, 0) is 17.7 Å². The number of carbonyl (C=O) groups excluding carboxylic acids is 1. The Morgan fingerprint density at radius 1 is 1.00 bits per heavy atom. The van der Waals surface area contributed by atoms with Gasteiger partial charge in [-0.1, -0.05) is 48.5 Å². The first kappa shape index (κ1) is 15.1. The third-order valence-electron chi connectivity index (χ3n) is 3.29. The van der Waals surface area contributed by atoms with Gasteiger partial charge >= 0.3 is 5.97 Å². The summed E-state index contributed by atoms with van der Waals surface area (Å²) < 4.78 is 10.3. The first-order valence-corrected chi connectivity index (χ1v) is 6.69. The number of methoxy groups -OCH3 is 2. The van der Waals surface area contributed by atoms with Crippen LogP contribution < -0.4 is 5.32 Å². The summed E-state index contributed by atoms with van der Waals surface area (Å²) in [7, 11) is 2.94. The van der Waals surface area contributed by atoms with Crippen molar-refractivity contribution in [3.8, 4) is 0 Å².